The first-order valence-corrected chi connectivity index (χ1v) is 11.5. The Morgan fingerprint density at radius 2 is 2.00 bits per heavy atom. The van der Waals surface area contributed by atoms with Gasteiger partial charge in [-0.05, 0) is 43.2 Å². The zero-order valence-corrected chi connectivity index (χ0v) is 18.6. The van der Waals surface area contributed by atoms with E-state index in [1.165, 1.54) is 0 Å². The standard InChI is InChI=1S/C24H27F3N4O2/c1-16-7-8-20-18(11-16)28-21(30(20)10-4-9-24(25,26)27)12-31-19-6-3-2-5-17(19)23(22(31)33)13-29(14-23)15-32/h2-3,5-6,15-16H,4,7-14H2,1H3/t16-/m1/s1. The molecule has 1 aliphatic carbocycles. The van der Waals surface area contributed by atoms with Crippen molar-refractivity contribution < 1.29 is 22.8 Å². The summed E-state index contributed by atoms with van der Waals surface area (Å²) in [7, 11) is 0. The summed E-state index contributed by atoms with van der Waals surface area (Å²) >= 11 is 0. The monoisotopic (exact) mass is 460 g/mol. The van der Waals surface area contributed by atoms with E-state index >= 15 is 0 Å². The van der Waals surface area contributed by atoms with Gasteiger partial charge in [0.15, 0.2) is 0 Å². The first-order chi connectivity index (χ1) is 15.7. The zero-order valence-electron chi connectivity index (χ0n) is 18.6. The predicted molar refractivity (Wildman–Crippen MR) is 116 cm³/mol. The van der Waals surface area contributed by atoms with Crippen LogP contribution in [0.3, 0.4) is 0 Å². The van der Waals surface area contributed by atoms with Crippen molar-refractivity contribution in [3.05, 3.63) is 47.0 Å². The lowest BCUT2D eigenvalue weighted by Crippen LogP contribution is -2.63. The molecule has 0 saturated carbocycles. The molecule has 9 heteroatoms. The third-order valence-electron chi connectivity index (χ3n) is 7.25. The maximum atomic E-state index is 13.6. The van der Waals surface area contributed by atoms with Crippen molar-refractivity contribution in [2.75, 3.05) is 18.0 Å². The molecule has 1 spiro atoms. The molecule has 6 nitrogen and oxygen atoms in total. The van der Waals surface area contributed by atoms with Crippen LogP contribution in [0.5, 0.6) is 0 Å². The van der Waals surface area contributed by atoms with E-state index in [4.69, 9.17) is 4.98 Å². The lowest BCUT2D eigenvalue weighted by molar-refractivity contribution is -0.136. The predicted octanol–water partition coefficient (Wildman–Crippen LogP) is 3.61. The third kappa shape index (κ3) is 3.71. The molecule has 176 valence electrons. The molecule has 1 aromatic carbocycles. The van der Waals surface area contributed by atoms with Gasteiger partial charge in [-0.15, -0.1) is 0 Å². The molecule has 5 rings (SSSR count). The Hall–Kier alpha value is -2.84. The number of para-hydroxylation sites is 1. The number of hydrogen-bond acceptors (Lipinski definition) is 3. The van der Waals surface area contributed by atoms with Crippen LogP contribution in [0.25, 0.3) is 0 Å². The molecule has 0 N–H and O–H groups in total. The van der Waals surface area contributed by atoms with Gasteiger partial charge in [-0.25, -0.2) is 4.98 Å². The second-order valence-electron chi connectivity index (χ2n) is 9.64. The van der Waals surface area contributed by atoms with E-state index in [1.807, 2.05) is 28.8 Å². The molecule has 0 radical (unpaired) electrons. The number of aromatic nitrogens is 2. The van der Waals surface area contributed by atoms with Gasteiger partial charge in [0.25, 0.3) is 0 Å². The summed E-state index contributed by atoms with van der Waals surface area (Å²) in [6.07, 6.45) is -1.72. The molecular formula is C24H27F3N4O2. The van der Waals surface area contributed by atoms with Gasteiger partial charge in [0.05, 0.1) is 12.2 Å². The number of imidazole rings is 1. The van der Waals surface area contributed by atoms with Crippen molar-refractivity contribution >= 4 is 18.0 Å². The van der Waals surface area contributed by atoms with E-state index in [1.54, 1.807) is 9.80 Å². The highest BCUT2D eigenvalue weighted by atomic mass is 19.4. The van der Waals surface area contributed by atoms with Crippen LogP contribution in [0.15, 0.2) is 24.3 Å². The van der Waals surface area contributed by atoms with Crippen molar-refractivity contribution in [3.63, 3.8) is 0 Å². The van der Waals surface area contributed by atoms with Gasteiger partial charge >= 0.3 is 6.18 Å². The quantitative estimate of drug-likeness (QED) is 0.619. The molecule has 3 aliphatic rings. The van der Waals surface area contributed by atoms with E-state index in [-0.39, 0.29) is 25.4 Å². The number of nitrogens with zero attached hydrogens (tertiary/aromatic N) is 4. The van der Waals surface area contributed by atoms with Crippen LogP contribution in [0, 0.1) is 5.92 Å². The maximum Gasteiger partial charge on any atom is 0.389 e. The molecule has 0 bridgehead atoms. The van der Waals surface area contributed by atoms with E-state index in [9.17, 15) is 22.8 Å². The average Bonchev–Trinajstić information content (AvgIpc) is 3.19. The van der Waals surface area contributed by atoms with Crippen molar-refractivity contribution in [3.8, 4) is 0 Å². The van der Waals surface area contributed by atoms with E-state index in [2.05, 4.69) is 6.92 Å². The Kier molecular flexibility index (Phi) is 5.25. The molecular weight excluding hydrogens is 433 g/mol. The second-order valence-corrected chi connectivity index (χ2v) is 9.64. The van der Waals surface area contributed by atoms with Crippen LogP contribution in [-0.4, -0.2) is 46.0 Å². The Morgan fingerprint density at radius 1 is 1.24 bits per heavy atom. The highest BCUT2D eigenvalue weighted by molar-refractivity contribution is 6.09. The molecule has 0 unspecified atom stereocenters. The number of hydrogen-bond donors (Lipinski definition) is 0. The maximum absolute atomic E-state index is 13.6. The molecule has 2 aliphatic heterocycles. The summed E-state index contributed by atoms with van der Waals surface area (Å²) < 4.78 is 40.3. The van der Waals surface area contributed by atoms with E-state index < -0.39 is 18.0 Å². The van der Waals surface area contributed by atoms with Crippen molar-refractivity contribution in [1.82, 2.24) is 14.5 Å². The first kappa shape index (κ1) is 22.0. The smallest absolute Gasteiger partial charge is 0.342 e. The van der Waals surface area contributed by atoms with Crippen molar-refractivity contribution in [2.24, 2.45) is 5.92 Å². The van der Waals surface area contributed by atoms with Crippen LogP contribution >= 0.6 is 0 Å². The van der Waals surface area contributed by atoms with Crippen LogP contribution < -0.4 is 4.90 Å². The zero-order chi connectivity index (χ0) is 23.4. The van der Waals surface area contributed by atoms with Crippen LogP contribution in [-0.2, 0) is 40.9 Å². The Morgan fingerprint density at radius 3 is 2.73 bits per heavy atom. The van der Waals surface area contributed by atoms with Gasteiger partial charge in [0.2, 0.25) is 12.3 Å². The summed E-state index contributed by atoms with van der Waals surface area (Å²) in [5, 5.41) is 0. The summed E-state index contributed by atoms with van der Waals surface area (Å²) in [6.45, 7) is 3.30. The summed E-state index contributed by atoms with van der Waals surface area (Å²) in [6, 6.07) is 7.58. The van der Waals surface area contributed by atoms with Crippen LogP contribution in [0.4, 0.5) is 18.9 Å². The van der Waals surface area contributed by atoms with Crippen molar-refractivity contribution in [2.45, 2.75) is 63.7 Å². The molecule has 2 aromatic rings. The fraction of sp³-hybridized carbons (Fsp3) is 0.542. The number of anilines is 1. The van der Waals surface area contributed by atoms with E-state index in [0.717, 1.165) is 48.3 Å². The van der Waals surface area contributed by atoms with Crippen LogP contribution in [0.1, 0.15) is 49.0 Å². The van der Waals surface area contributed by atoms with Gasteiger partial charge in [0, 0.05) is 37.4 Å². The van der Waals surface area contributed by atoms with Gasteiger partial charge < -0.3 is 14.4 Å². The lowest BCUT2D eigenvalue weighted by atomic mass is 9.75. The van der Waals surface area contributed by atoms with Gasteiger partial charge in [-0.2, -0.15) is 13.2 Å². The number of carbonyl (C=O) groups is 2. The number of halogens is 3. The number of alkyl halides is 3. The third-order valence-corrected chi connectivity index (χ3v) is 7.25. The Bertz CT molecular complexity index is 1090. The topological polar surface area (TPSA) is 58.4 Å². The molecule has 1 atom stereocenters. The molecule has 33 heavy (non-hydrogen) atoms. The minimum atomic E-state index is -4.19. The van der Waals surface area contributed by atoms with Gasteiger partial charge in [-0.1, -0.05) is 25.1 Å². The average molecular weight is 461 g/mol. The number of likely N-dealkylation sites (tertiary alicyclic amines) is 1. The minimum absolute atomic E-state index is 0.0163. The number of rotatable bonds is 6. The Labute approximate surface area is 190 Å². The second kappa shape index (κ2) is 7.88. The van der Waals surface area contributed by atoms with E-state index in [0.29, 0.717) is 24.8 Å². The normalized spacial score (nSPS) is 21.2. The molecule has 1 saturated heterocycles. The summed E-state index contributed by atoms with van der Waals surface area (Å²) in [4.78, 5) is 32.9. The number of carbonyl (C=O) groups excluding carboxylic acids is 2. The Balaban J connectivity index is 1.46. The summed E-state index contributed by atoms with van der Waals surface area (Å²) in [5.74, 6) is 1.05. The van der Waals surface area contributed by atoms with Crippen molar-refractivity contribution in [1.29, 1.82) is 0 Å². The minimum Gasteiger partial charge on any atom is -0.342 e. The molecule has 3 heterocycles. The number of benzene rings is 1. The number of amides is 2. The fourth-order valence-corrected chi connectivity index (χ4v) is 5.59. The first-order valence-electron chi connectivity index (χ1n) is 11.5. The van der Waals surface area contributed by atoms with Gasteiger partial charge in [0.1, 0.15) is 11.2 Å². The molecule has 1 fully saturated rings. The number of fused-ring (bicyclic) bond motifs is 3. The highest BCUT2D eigenvalue weighted by Crippen LogP contribution is 2.47. The lowest BCUT2D eigenvalue weighted by Gasteiger charge is -2.44. The SMILES string of the molecule is C[C@@H]1CCc2c(nc(CN3C(=O)C4(CN(C=O)C4)c4ccccc43)n2CCCC(F)(F)F)C1. The molecule has 2 amide bonds. The van der Waals surface area contributed by atoms with Crippen LogP contribution in [0.2, 0.25) is 0 Å². The fourth-order valence-electron chi connectivity index (χ4n) is 5.59. The highest BCUT2D eigenvalue weighted by Gasteiger charge is 2.58. The summed E-state index contributed by atoms with van der Waals surface area (Å²) in [5.41, 5.74) is 2.92. The largest absolute Gasteiger partial charge is 0.389 e. The molecule has 1 aromatic heterocycles. The van der Waals surface area contributed by atoms with Gasteiger partial charge in [-0.3, -0.25) is 9.59 Å².